The molecular weight excluding hydrogens is 188 g/mol. The summed E-state index contributed by atoms with van der Waals surface area (Å²) in [7, 11) is 0. The maximum Gasteiger partial charge on any atom is 0.0700 e. The fraction of sp³-hybridized carbons (Fsp3) is 0.583. The lowest BCUT2D eigenvalue weighted by molar-refractivity contribution is 0.111. The Morgan fingerprint density at radius 2 is 2.47 bits per heavy atom. The summed E-state index contributed by atoms with van der Waals surface area (Å²) in [5.74, 6) is 0. The lowest BCUT2D eigenvalue weighted by Crippen LogP contribution is -2.36. The molecule has 1 N–H and O–H groups in total. The first-order chi connectivity index (χ1) is 7.27. The number of rotatable bonds is 3. The van der Waals surface area contributed by atoms with Crippen molar-refractivity contribution in [2.24, 2.45) is 0 Å². The molecule has 0 amide bonds. The van der Waals surface area contributed by atoms with Gasteiger partial charge in [0.25, 0.3) is 0 Å². The molecule has 0 aliphatic carbocycles. The highest BCUT2D eigenvalue weighted by Gasteiger charge is 2.25. The first-order valence-electron chi connectivity index (χ1n) is 5.55. The average Bonchev–Trinajstić information content (AvgIpc) is 2.66. The highest BCUT2D eigenvalue weighted by Crippen LogP contribution is 2.18. The molecule has 3 nitrogen and oxygen atoms in total. The summed E-state index contributed by atoms with van der Waals surface area (Å²) >= 11 is 0. The zero-order chi connectivity index (χ0) is 10.7. The Hall–Kier alpha value is -0.930. The number of ether oxygens (including phenoxy) is 1. The quantitative estimate of drug-likeness (QED) is 0.820. The summed E-state index contributed by atoms with van der Waals surface area (Å²) in [5.41, 5.74) is 1.23. The Bertz CT molecular complexity index is 302. The highest BCUT2D eigenvalue weighted by molar-refractivity contribution is 5.13. The number of hydrogen-bond acceptors (Lipinski definition) is 3. The van der Waals surface area contributed by atoms with Crippen LogP contribution in [0.1, 0.15) is 31.9 Å². The Labute approximate surface area is 90.9 Å². The van der Waals surface area contributed by atoms with E-state index in [9.17, 15) is 0 Å². The van der Waals surface area contributed by atoms with Crippen molar-refractivity contribution >= 4 is 0 Å². The second-order valence-corrected chi connectivity index (χ2v) is 4.15. The fourth-order valence-electron chi connectivity index (χ4n) is 2.00. The Morgan fingerprint density at radius 1 is 1.60 bits per heavy atom. The number of hydrogen-bond donors (Lipinski definition) is 1. The van der Waals surface area contributed by atoms with Crippen LogP contribution in [-0.2, 0) is 4.74 Å². The zero-order valence-electron chi connectivity index (χ0n) is 9.31. The third kappa shape index (κ3) is 2.55. The predicted octanol–water partition coefficient (Wildman–Crippen LogP) is 1.91. The largest absolute Gasteiger partial charge is 0.377 e. The van der Waals surface area contributed by atoms with E-state index in [0.717, 1.165) is 13.0 Å². The first kappa shape index (κ1) is 10.6. The van der Waals surface area contributed by atoms with E-state index in [0.29, 0.717) is 18.2 Å². The summed E-state index contributed by atoms with van der Waals surface area (Å²) in [6, 6.07) is 4.89. The smallest absolute Gasteiger partial charge is 0.0700 e. The predicted molar refractivity (Wildman–Crippen MR) is 59.6 cm³/mol. The van der Waals surface area contributed by atoms with E-state index in [1.54, 1.807) is 6.20 Å². The van der Waals surface area contributed by atoms with Crippen LogP contribution in [0.15, 0.2) is 24.5 Å². The van der Waals surface area contributed by atoms with Crippen LogP contribution in [-0.4, -0.2) is 23.7 Å². The topological polar surface area (TPSA) is 34.1 Å². The van der Waals surface area contributed by atoms with Gasteiger partial charge in [-0.2, -0.15) is 0 Å². The molecule has 1 aliphatic rings. The van der Waals surface area contributed by atoms with Crippen molar-refractivity contribution in [3.05, 3.63) is 30.1 Å². The molecule has 1 saturated heterocycles. The van der Waals surface area contributed by atoms with Crippen molar-refractivity contribution in [1.82, 2.24) is 10.3 Å². The molecule has 15 heavy (non-hydrogen) atoms. The summed E-state index contributed by atoms with van der Waals surface area (Å²) in [5, 5.41) is 3.58. The number of aromatic nitrogens is 1. The van der Waals surface area contributed by atoms with E-state index in [1.807, 2.05) is 12.3 Å². The Morgan fingerprint density at radius 3 is 3.07 bits per heavy atom. The standard InChI is InChI=1S/C12H18N2O/c1-9(11-4-3-6-13-8-11)14-12-5-7-15-10(12)2/h3-4,6,8-10,12,14H,5,7H2,1-2H3/t9-,10?,12?/m1/s1. The maximum atomic E-state index is 5.52. The van der Waals surface area contributed by atoms with Gasteiger partial charge >= 0.3 is 0 Å². The molecule has 1 aliphatic heterocycles. The van der Waals surface area contributed by atoms with Crippen LogP contribution in [0, 0.1) is 0 Å². The zero-order valence-corrected chi connectivity index (χ0v) is 9.31. The summed E-state index contributed by atoms with van der Waals surface area (Å²) in [6.07, 6.45) is 5.14. The van der Waals surface area contributed by atoms with Gasteiger partial charge in [0.05, 0.1) is 6.10 Å². The lowest BCUT2D eigenvalue weighted by atomic mass is 10.1. The van der Waals surface area contributed by atoms with E-state index in [2.05, 4.69) is 30.2 Å². The molecule has 2 rings (SSSR count). The van der Waals surface area contributed by atoms with Gasteiger partial charge in [0.15, 0.2) is 0 Å². The molecule has 0 aromatic carbocycles. The summed E-state index contributed by atoms with van der Waals surface area (Å²) in [6.45, 7) is 5.17. The molecule has 0 spiro atoms. The molecule has 0 bridgehead atoms. The first-order valence-corrected chi connectivity index (χ1v) is 5.55. The molecule has 0 radical (unpaired) electrons. The van der Waals surface area contributed by atoms with E-state index >= 15 is 0 Å². The van der Waals surface area contributed by atoms with Gasteiger partial charge in [0.1, 0.15) is 0 Å². The van der Waals surface area contributed by atoms with Crippen LogP contribution in [0.2, 0.25) is 0 Å². The number of nitrogens with zero attached hydrogens (tertiary/aromatic N) is 1. The second kappa shape index (κ2) is 4.73. The molecule has 1 aromatic heterocycles. The van der Waals surface area contributed by atoms with Crippen LogP contribution < -0.4 is 5.32 Å². The normalized spacial score (nSPS) is 27.9. The van der Waals surface area contributed by atoms with Crippen LogP contribution >= 0.6 is 0 Å². The SMILES string of the molecule is CC1OCCC1N[C@H](C)c1cccnc1. The third-order valence-corrected chi connectivity index (χ3v) is 3.02. The van der Waals surface area contributed by atoms with Crippen molar-refractivity contribution in [1.29, 1.82) is 0 Å². The van der Waals surface area contributed by atoms with Gasteiger partial charge in [-0.25, -0.2) is 0 Å². The average molecular weight is 206 g/mol. The van der Waals surface area contributed by atoms with E-state index in [4.69, 9.17) is 4.74 Å². The van der Waals surface area contributed by atoms with Crippen LogP contribution in [0.5, 0.6) is 0 Å². The molecule has 3 heteroatoms. The lowest BCUT2D eigenvalue weighted by Gasteiger charge is -2.21. The van der Waals surface area contributed by atoms with Crippen molar-refractivity contribution in [3.8, 4) is 0 Å². The maximum absolute atomic E-state index is 5.52. The van der Waals surface area contributed by atoms with Gasteiger partial charge in [0, 0.05) is 31.1 Å². The van der Waals surface area contributed by atoms with Gasteiger partial charge in [-0.3, -0.25) is 4.98 Å². The summed E-state index contributed by atoms with van der Waals surface area (Å²) < 4.78 is 5.52. The molecule has 1 aromatic rings. The van der Waals surface area contributed by atoms with E-state index < -0.39 is 0 Å². The monoisotopic (exact) mass is 206 g/mol. The van der Waals surface area contributed by atoms with Crippen molar-refractivity contribution in [2.75, 3.05) is 6.61 Å². The Balaban J connectivity index is 1.95. The minimum Gasteiger partial charge on any atom is -0.377 e. The van der Waals surface area contributed by atoms with E-state index in [-0.39, 0.29) is 0 Å². The van der Waals surface area contributed by atoms with Crippen LogP contribution in [0.4, 0.5) is 0 Å². The van der Waals surface area contributed by atoms with Gasteiger partial charge in [-0.1, -0.05) is 6.07 Å². The fourth-order valence-corrected chi connectivity index (χ4v) is 2.00. The molecule has 82 valence electrons. The van der Waals surface area contributed by atoms with E-state index in [1.165, 1.54) is 5.56 Å². The number of pyridine rings is 1. The van der Waals surface area contributed by atoms with Gasteiger partial charge in [-0.05, 0) is 31.9 Å². The third-order valence-electron chi connectivity index (χ3n) is 3.02. The minimum atomic E-state index is 0.323. The molecule has 2 unspecified atom stereocenters. The van der Waals surface area contributed by atoms with Crippen molar-refractivity contribution in [3.63, 3.8) is 0 Å². The molecule has 0 saturated carbocycles. The molecule has 2 heterocycles. The summed E-state index contributed by atoms with van der Waals surface area (Å²) in [4.78, 5) is 4.13. The van der Waals surface area contributed by atoms with Gasteiger partial charge in [0.2, 0.25) is 0 Å². The second-order valence-electron chi connectivity index (χ2n) is 4.15. The number of nitrogens with one attached hydrogen (secondary N) is 1. The molecule has 3 atom stereocenters. The highest BCUT2D eigenvalue weighted by atomic mass is 16.5. The Kier molecular flexibility index (Phi) is 3.34. The molecule has 1 fully saturated rings. The van der Waals surface area contributed by atoms with Gasteiger partial charge in [-0.15, -0.1) is 0 Å². The molecular formula is C12H18N2O. The van der Waals surface area contributed by atoms with Gasteiger partial charge < -0.3 is 10.1 Å². The van der Waals surface area contributed by atoms with Crippen LogP contribution in [0.3, 0.4) is 0 Å². The van der Waals surface area contributed by atoms with Crippen molar-refractivity contribution < 1.29 is 4.74 Å². The van der Waals surface area contributed by atoms with Crippen LogP contribution in [0.25, 0.3) is 0 Å². The van der Waals surface area contributed by atoms with Crippen molar-refractivity contribution in [2.45, 2.75) is 38.5 Å². The minimum absolute atomic E-state index is 0.323.